The number of ketones is 1. The third-order valence-electron chi connectivity index (χ3n) is 4.56. The number of halogens is 1. The molecule has 0 radical (unpaired) electrons. The first-order valence-electron chi connectivity index (χ1n) is 7.04. The molecule has 0 atom stereocenters. The first-order chi connectivity index (χ1) is 9.48. The molecular weight excluding hydrogens is 272 g/mol. The Morgan fingerprint density at radius 2 is 2.10 bits per heavy atom. The Balaban J connectivity index is 2.16. The van der Waals surface area contributed by atoms with Gasteiger partial charge in [-0.25, -0.2) is 0 Å². The highest BCUT2D eigenvalue weighted by atomic mass is 35.5. The molecule has 0 spiro atoms. The van der Waals surface area contributed by atoms with Crippen LogP contribution in [0.2, 0.25) is 5.02 Å². The Labute approximate surface area is 125 Å². The van der Waals surface area contributed by atoms with Crippen LogP contribution in [0.5, 0.6) is 0 Å². The van der Waals surface area contributed by atoms with Crippen LogP contribution in [0.4, 0.5) is 0 Å². The van der Waals surface area contributed by atoms with Crippen molar-refractivity contribution < 1.29 is 4.79 Å². The number of nitrogens with one attached hydrogen (secondary N) is 1. The van der Waals surface area contributed by atoms with Crippen LogP contribution < -0.4 is 5.73 Å². The summed E-state index contributed by atoms with van der Waals surface area (Å²) in [5.74, 6) is -0.0237. The maximum atomic E-state index is 11.3. The van der Waals surface area contributed by atoms with E-state index in [9.17, 15) is 4.79 Å². The highest BCUT2D eigenvalue weighted by Gasteiger charge is 2.37. The number of nitrogens with two attached hydrogens (primary N) is 1. The number of hydrogen-bond donors (Lipinski definition) is 2. The maximum absolute atomic E-state index is 11.3. The smallest absolute Gasteiger partial charge is 0.173 e. The summed E-state index contributed by atoms with van der Waals surface area (Å²) in [6.07, 6.45) is 3.51. The zero-order valence-electron chi connectivity index (χ0n) is 11.8. The second kappa shape index (κ2) is 6.06. The lowest BCUT2D eigenvalue weighted by Gasteiger charge is -2.40. The predicted molar refractivity (Wildman–Crippen MR) is 82.6 cm³/mol. The summed E-state index contributed by atoms with van der Waals surface area (Å²) in [5, 5.41) is 8.59. The average molecular weight is 293 g/mol. The van der Waals surface area contributed by atoms with Crippen molar-refractivity contribution in [2.24, 2.45) is 11.7 Å². The van der Waals surface area contributed by atoms with E-state index in [0.29, 0.717) is 6.54 Å². The second-order valence-electron chi connectivity index (χ2n) is 5.74. The van der Waals surface area contributed by atoms with E-state index in [1.54, 1.807) is 0 Å². The fourth-order valence-electron chi connectivity index (χ4n) is 3.18. The SMILES string of the molecule is CC(=O)C(=N)C1CCC(CN)(c2cccc(Cl)c2)CC1. The molecule has 0 bridgehead atoms. The van der Waals surface area contributed by atoms with Crippen LogP contribution in [-0.4, -0.2) is 18.0 Å². The lowest BCUT2D eigenvalue weighted by atomic mass is 9.65. The monoisotopic (exact) mass is 292 g/mol. The number of rotatable bonds is 4. The summed E-state index contributed by atoms with van der Waals surface area (Å²) in [7, 11) is 0. The van der Waals surface area contributed by atoms with Gasteiger partial charge in [-0.3, -0.25) is 4.79 Å². The first-order valence-corrected chi connectivity index (χ1v) is 7.42. The molecule has 108 valence electrons. The molecule has 1 fully saturated rings. The highest BCUT2D eigenvalue weighted by molar-refractivity contribution is 6.38. The quantitative estimate of drug-likeness (QED) is 0.836. The van der Waals surface area contributed by atoms with Crippen molar-refractivity contribution in [1.29, 1.82) is 5.41 Å². The van der Waals surface area contributed by atoms with E-state index >= 15 is 0 Å². The van der Waals surface area contributed by atoms with E-state index in [2.05, 4.69) is 6.07 Å². The molecule has 0 unspecified atom stereocenters. The van der Waals surface area contributed by atoms with Crippen LogP contribution in [0.3, 0.4) is 0 Å². The Hall–Kier alpha value is -1.19. The average Bonchev–Trinajstić information content (AvgIpc) is 2.46. The highest BCUT2D eigenvalue weighted by Crippen LogP contribution is 2.41. The van der Waals surface area contributed by atoms with Crippen molar-refractivity contribution in [2.45, 2.75) is 38.0 Å². The number of carbonyl (C=O) groups excluding carboxylic acids is 1. The zero-order chi connectivity index (χ0) is 14.8. The topological polar surface area (TPSA) is 66.9 Å². The molecule has 3 nitrogen and oxygen atoms in total. The minimum absolute atomic E-state index is 0.0571. The lowest BCUT2D eigenvalue weighted by molar-refractivity contribution is -0.111. The number of carbonyl (C=O) groups is 1. The van der Waals surface area contributed by atoms with Gasteiger partial charge in [0.1, 0.15) is 0 Å². The van der Waals surface area contributed by atoms with E-state index in [-0.39, 0.29) is 22.8 Å². The Kier molecular flexibility index (Phi) is 4.61. The summed E-state index contributed by atoms with van der Waals surface area (Å²) in [5.41, 5.74) is 7.43. The maximum Gasteiger partial charge on any atom is 0.173 e. The van der Waals surface area contributed by atoms with Gasteiger partial charge in [-0.2, -0.15) is 0 Å². The summed E-state index contributed by atoms with van der Waals surface area (Å²) in [6.45, 7) is 2.05. The summed E-state index contributed by atoms with van der Waals surface area (Å²) < 4.78 is 0. The Bertz CT molecular complexity index is 519. The van der Waals surface area contributed by atoms with Crippen molar-refractivity contribution in [3.05, 3.63) is 34.9 Å². The lowest BCUT2D eigenvalue weighted by Crippen LogP contribution is -2.40. The standard InChI is InChI=1S/C16H21ClN2O/c1-11(20)15(19)12-5-7-16(10-18,8-6-12)13-3-2-4-14(17)9-13/h2-4,9,12,19H,5-8,10,18H2,1H3. The summed E-state index contributed by atoms with van der Waals surface area (Å²) >= 11 is 6.08. The summed E-state index contributed by atoms with van der Waals surface area (Å²) in [6, 6.07) is 7.89. The molecule has 1 aliphatic rings. The molecule has 0 saturated heterocycles. The van der Waals surface area contributed by atoms with Gasteiger partial charge in [0.15, 0.2) is 5.78 Å². The largest absolute Gasteiger partial charge is 0.330 e. The van der Waals surface area contributed by atoms with Crippen molar-refractivity contribution in [3.63, 3.8) is 0 Å². The van der Waals surface area contributed by atoms with Gasteiger partial charge in [0, 0.05) is 29.8 Å². The van der Waals surface area contributed by atoms with E-state index < -0.39 is 0 Å². The normalized spacial score (nSPS) is 26.2. The van der Waals surface area contributed by atoms with Gasteiger partial charge in [-0.05, 0) is 43.4 Å². The van der Waals surface area contributed by atoms with Crippen molar-refractivity contribution >= 4 is 23.1 Å². The zero-order valence-corrected chi connectivity index (χ0v) is 12.5. The molecule has 1 aromatic carbocycles. The first kappa shape index (κ1) is 15.2. The van der Waals surface area contributed by atoms with Gasteiger partial charge in [0.25, 0.3) is 0 Å². The fraction of sp³-hybridized carbons (Fsp3) is 0.500. The molecule has 1 aromatic rings. The summed E-state index contributed by atoms with van der Waals surface area (Å²) in [4.78, 5) is 11.3. The van der Waals surface area contributed by atoms with Crippen LogP contribution in [0, 0.1) is 11.3 Å². The van der Waals surface area contributed by atoms with Gasteiger partial charge in [-0.1, -0.05) is 23.7 Å². The van der Waals surface area contributed by atoms with E-state index in [1.807, 2.05) is 18.2 Å². The number of Topliss-reactive ketones (excluding diaryl/α,β-unsaturated/α-hetero) is 1. The van der Waals surface area contributed by atoms with E-state index in [4.69, 9.17) is 22.7 Å². The minimum Gasteiger partial charge on any atom is -0.330 e. The van der Waals surface area contributed by atoms with Crippen molar-refractivity contribution in [3.8, 4) is 0 Å². The molecule has 0 aliphatic heterocycles. The van der Waals surface area contributed by atoms with Crippen LogP contribution in [0.15, 0.2) is 24.3 Å². The van der Waals surface area contributed by atoms with Crippen LogP contribution in [0.25, 0.3) is 0 Å². The minimum atomic E-state index is -0.113. The van der Waals surface area contributed by atoms with Gasteiger partial charge in [0.05, 0.1) is 5.71 Å². The molecule has 0 heterocycles. The Morgan fingerprint density at radius 3 is 2.60 bits per heavy atom. The molecule has 1 saturated carbocycles. The van der Waals surface area contributed by atoms with Crippen LogP contribution in [0.1, 0.15) is 38.2 Å². The van der Waals surface area contributed by atoms with Gasteiger partial charge in [-0.15, -0.1) is 0 Å². The Morgan fingerprint density at radius 1 is 1.45 bits per heavy atom. The number of benzene rings is 1. The van der Waals surface area contributed by atoms with Gasteiger partial charge in [0.2, 0.25) is 0 Å². The molecular formula is C16H21ClN2O. The number of hydrogen-bond acceptors (Lipinski definition) is 3. The molecule has 4 heteroatoms. The van der Waals surface area contributed by atoms with Crippen molar-refractivity contribution in [1.82, 2.24) is 0 Å². The molecule has 2 rings (SSSR count). The predicted octanol–water partition coefficient (Wildman–Crippen LogP) is 3.34. The van der Waals surface area contributed by atoms with Gasteiger partial charge >= 0.3 is 0 Å². The molecule has 0 aromatic heterocycles. The molecule has 20 heavy (non-hydrogen) atoms. The third kappa shape index (κ3) is 2.94. The third-order valence-corrected chi connectivity index (χ3v) is 4.79. The molecule has 1 aliphatic carbocycles. The second-order valence-corrected chi connectivity index (χ2v) is 6.18. The van der Waals surface area contributed by atoms with E-state index in [0.717, 1.165) is 30.7 Å². The van der Waals surface area contributed by atoms with E-state index in [1.165, 1.54) is 12.5 Å². The van der Waals surface area contributed by atoms with Crippen LogP contribution in [-0.2, 0) is 10.2 Å². The van der Waals surface area contributed by atoms with Gasteiger partial charge < -0.3 is 11.1 Å². The molecule has 0 amide bonds. The van der Waals surface area contributed by atoms with Crippen molar-refractivity contribution in [2.75, 3.05) is 6.54 Å². The van der Waals surface area contributed by atoms with Crippen LogP contribution >= 0.6 is 11.6 Å². The molecule has 3 N–H and O–H groups in total. The fourth-order valence-corrected chi connectivity index (χ4v) is 3.37.